The lowest BCUT2D eigenvalue weighted by atomic mass is 9.89. The van der Waals surface area contributed by atoms with Crippen molar-refractivity contribution < 1.29 is 0 Å². The maximum atomic E-state index is 5.78. The fourth-order valence-corrected chi connectivity index (χ4v) is 3.09. The third-order valence-corrected chi connectivity index (χ3v) is 4.41. The van der Waals surface area contributed by atoms with Crippen molar-refractivity contribution in [2.75, 3.05) is 0 Å². The summed E-state index contributed by atoms with van der Waals surface area (Å²) in [6.07, 6.45) is 12.1. The van der Waals surface area contributed by atoms with Gasteiger partial charge in [0.05, 0.1) is 0 Å². The molecule has 1 aliphatic rings. The lowest BCUT2D eigenvalue weighted by Gasteiger charge is -2.25. The maximum Gasteiger partial charge on any atom is 0.0419 e. The molecule has 19 heavy (non-hydrogen) atoms. The summed E-state index contributed by atoms with van der Waals surface area (Å²) in [4.78, 5) is 4.56. The van der Waals surface area contributed by atoms with Gasteiger partial charge in [-0.15, -0.1) is 0 Å². The lowest BCUT2D eigenvalue weighted by molar-refractivity contribution is 0.319. The molecule has 1 unspecified atom stereocenters. The average Bonchev–Trinajstić information content (AvgIpc) is 2.74. The van der Waals surface area contributed by atoms with Crippen LogP contribution in [0.15, 0.2) is 18.3 Å². The average molecular weight is 261 g/mol. The van der Waals surface area contributed by atoms with E-state index < -0.39 is 0 Å². The van der Waals surface area contributed by atoms with Crippen LogP contribution in [-0.4, -0.2) is 11.0 Å². The van der Waals surface area contributed by atoms with Crippen molar-refractivity contribution in [3.05, 3.63) is 29.6 Å². The highest BCUT2D eigenvalue weighted by molar-refractivity contribution is 5.14. The first-order chi connectivity index (χ1) is 9.33. The number of hydrazine groups is 1. The van der Waals surface area contributed by atoms with E-state index in [1.54, 1.807) is 0 Å². The molecule has 0 radical (unpaired) electrons. The zero-order valence-corrected chi connectivity index (χ0v) is 12.1. The summed E-state index contributed by atoms with van der Waals surface area (Å²) in [6, 6.07) is 4.71. The fraction of sp³-hybridized carbons (Fsp3) is 0.688. The van der Waals surface area contributed by atoms with E-state index in [0.29, 0.717) is 12.0 Å². The standard InChI is InChI=1S/C16H27N3/c1-2-13-9-10-15(18-12-13)11-16(19-17)14-7-5-3-4-6-8-14/h9-10,12,14,16,19H,2-8,11,17H2,1H3. The van der Waals surface area contributed by atoms with Gasteiger partial charge in [-0.25, -0.2) is 0 Å². The highest BCUT2D eigenvalue weighted by Crippen LogP contribution is 2.26. The summed E-state index contributed by atoms with van der Waals surface area (Å²) in [6.45, 7) is 2.16. The molecule has 3 nitrogen and oxygen atoms in total. The van der Waals surface area contributed by atoms with Crippen LogP contribution >= 0.6 is 0 Å². The van der Waals surface area contributed by atoms with Crippen LogP contribution in [0.3, 0.4) is 0 Å². The van der Waals surface area contributed by atoms with Gasteiger partial charge in [-0.1, -0.05) is 38.7 Å². The summed E-state index contributed by atoms with van der Waals surface area (Å²) in [5, 5.41) is 0. The summed E-state index contributed by atoms with van der Waals surface area (Å²) < 4.78 is 0. The van der Waals surface area contributed by atoms with Crippen molar-refractivity contribution in [2.24, 2.45) is 11.8 Å². The molecule has 0 aliphatic heterocycles. The molecule has 1 saturated carbocycles. The Morgan fingerprint density at radius 2 is 2.00 bits per heavy atom. The van der Waals surface area contributed by atoms with Crippen LogP contribution in [0.25, 0.3) is 0 Å². The molecule has 0 aromatic carbocycles. The number of pyridine rings is 1. The summed E-state index contributed by atoms with van der Waals surface area (Å²) in [7, 11) is 0. The van der Waals surface area contributed by atoms with Gasteiger partial charge in [-0.3, -0.25) is 16.3 Å². The second-order valence-corrected chi connectivity index (χ2v) is 5.74. The molecular formula is C16H27N3. The van der Waals surface area contributed by atoms with Crippen LogP contribution in [-0.2, 0) is 12.8 Å². The van der Waals surface area contributed by atoms with Gasteiger partial charge in [0.2, 0.25) is 0 Å². The van der Waals surface area contributed by atoms with Crippen molar-refractivity contribution in [1.29, 1.82) is 0 Å². The fourth-order valence-electron chi connectivity index (χ4n) is 3.09. The Morgan fingerprint density at radius 1 is 1.26 bits per heavy atom. The Bertz CT molecular complexity index is 353. The Labute approximate surface area is 117 Å². The first-order valence-electron chi connectivity index (χ1n) is 7.73. The maximum absolute atomic E-state index is 5.78. The van der Waals surface area contributed by atoms with Crippen LogP contribution in [0.4, 0.5) is 0 Å². The van der Waals surface area contributed by atoms with Crippen molar-refractivity contribution in [3.8, 4) is 0 Å². The minimum absolute atomic E-state index is 0.373. The molecule has 0 saturated heterocycles. The van der Waals surface area contributed by atoms with E-state index in [0.717, 1.165) is 18.5 Å². The molecule has 1 atom stereocenters. The summed E-state index contributed by atoms with van der Waals surface area (Å²) >= 11 is 0. The van der Waals surface area contributed by atoms with E-state index in [1.807, 2.05) is 6.20 Å². The number of nitrogens with zero attached hydrogens (tertiary/aromatic N) is 1. The van der Waals surface area contributed by atoms with E-state index in [2.05, 4.69) is 29.5 Å². The quantitative estimate of drug-likeness (QED) is 0.487. The van der Waals surface area contributed by atoms with Crippen molar-refractivity contribution >= 4 is 0 Å². The molecule has 1 aromatic rings. The molecule has 106 valence electrons. The summed E-state index contributed by atoms with van der Waals surface area (Å²) in [5.41, 5.74) is 5.49. The van der Waals surface area contributed by atoms with Gasteiger partial charge in [-0.2, -0.15) is 0 Å². The first-order valence-corrected chi connectivity index (χ1v) is 7.73. The van der Waals surface area contributed by atoms with Crippen LogP contribution in [0.2, 0.25) is 0 Å². The smallest absolute Gasteiger partial charge is 0.0419 e. The zero-order valence-electron chi connectivity index (χ0n) is 12.1. The van der Waals surface area contributed by atoms with Gasteiger partial charge in [-0.05, 0) is 36.8 Å². The minimum Gasteiger partial charge on any atom is -0.271 e. The third-order valence-electron chi connectivity index (χ3n) is 4.41. The van der Waals surface area contributed by atoms with Crippen LogP contribution < -0.4 is 11.3 Å². The second-order valence-electron chi connectivity index (χ2n) is 5.74. The normalized spacial score (nSPS) is 19.1. The number of hydrogen-bond acceptors (Lipinski definition) is 3. The molecule has 1 fully saturated rings. The van der Waals surface area contributed by atoms with Gasteiger partial charge in [0.1, 0.15) is 0 Å². The third kappa shape index (κ3) is 4.29. The Hall–Kier alpha value is -0.930. The monoisotopic (exact) mass is 261 g/mol. The minimum atomic E-state index is 0.373. The Balaban J connectivity index is 1.96. The SMILES string of the molecule is CCc1ccc(CC(NN)C2CCCCCC2)nc1. The van der Waals surface area contributed by atoms with Crippen LogP contribution in [0.1, 0.15) is 56.7 Å². The van der Waals surface area contributed by atoms with Crippen LogP contribution in [0, 0.1) is 5.92 Å². The zero-order chi connectivity index (χ0) is 13.5. The van der Waals surface area contributed by atoms with Gasteiger partial charge in [0, 0.05) is 24.4 Å². The van der Waals surface area contributed by atoms with Gasteiger partial charge < -0.3 is 0 Å². The van der Waals surface area contributed by atoms with Gasteiger partial charge in [0.15, 0.2) is 0 Å². The molecule has 0 amide bonds. The molecule has 3 heteroatoms. The van der Waals surface area contributed by atoms with E-state index in [4.69, 9.17) is 5.84 Å². The molecule has 0 spiro atoms. The van der Waals surface area contributed by atoms with E-state index >= 15 is 0 Å². The van der Waals surface area contributed by atoms with E-state index in [1.165, 1.54) is 44.1 Å². The van der Waals surface area contributed by atoms with E-state index in [9.17, 15) is 0 Å². The molecule has 1 aliphatic carbocycles. The lowest BCUT2D eigenvalue weighted by Crippen LogP contribution is -2.42. The molecule has 1 heterocycles. The topological polar surface area (TPSA) is 50.9 Å². The number of nitrogens with one attached hydrogen (secondary N) is 1. The molecule has 1 aromatic heterocycles. The number of aryl methyl sites for hydroxylation is 1. The van der Waals surface area contributed by atoms with Gasteiger partial charge in [0.25, 0.3) is 0 Å². The summed E-state index contributed by atoms with van der Waals surface area (Å²) in [5.74, 6) is 6.49. The number of rotatable bonds is 5. The number of hydrogen-bond donors (Lipinski definition) is 2. The number of nitrogens with two attached hydrogens (primary N) is 1. The highest BCUT2D eigenvalue weighted by Gasteiger charge is 2.22. The second kappa shape index (κ2) is 7.61. The molecule has 3 N–H and O–H groups in total. The highest BCUT2D eigenvalue weighted by atomic mass is 15.2. The van der Waals surface area contributed by atoms with E-state index in [-0.39, 0.29) is 0 Å². The molecule has 0 bridgehead atoms. The predicted octanol–water partition coefficient (Wildman–Crippen LogP) is 2.99. The van der Waals surface area contributed by atoms with Crippen molar-refractivity contribution in [3.63, 3.8) is 0 Å². The Kier molecular flexibility index (Phi) is 5.80. The number of aromatic nitrogens is 1. The first kappa shape index (κ1) is 14.5. The van der Waals surface area contributed by atoms with Crippen molar-refractivity contribution in [2.45, 2.75) is 64.3 Å². The molecule has 2 rings (SSSR count). The van der Waals surface area contributed by atoms with Crippen LogP contribution in [0.5, 0.6) is 0 Å². The van der Waals surface area contributed by atoms with Gasteiger partial charge >= 0.3 is 0 Å². The molecular weight excluding hydrogens is 234 g/mol. The predicted molar refractivity (Wildman–Crippen MR) is 79.6 cm³/mol. The largest absolute Gasteiger partial charge is 0.271 e. The Morgan fingerprint density at radius 3 is 2.53 bits per heavy atom. The van der Waals surface area contributed by atoms with Crippen molar-refractivity contribution in [1.82, 2.24) is 10.4 Å².